The van der Waals surface area contributed by atoms with Gasteiger partial charge in [0.2, 0.25) is 0 Å². The molecule has 0 saturated heterocycles. The van der Waals surface area contributed by atoms with E-state index in [1.807, 2.05) is 12.1 Å². The summed E-state index contributed by atoms with van der Waals surface area (Å²) in [5.41, 5.74) is 5.12. The van der Waals surface area contributed by atoms with Crippen LogP contribution in [0.1, 0.15) is 63.5 Å². The monoisotopic (exact) mass is 296 g/mol. The van der Waals surface area contributed by atoms with Gasteiger partial charge in [-0.25, -0.2) is 0 Å². The Kier molecular flexibility index (Phi) is 3.18. The van der Waals surface area contributed by atoms with Gasteiger partial charge in [-0.05, 0) is 91.4 Å². The predicted octanol–water partition coefficient (Wildman–Crippen LogP) is 5.44. The van der Waals surface area contributed by atoms with E-state index in [-0.39, 0.29) is 0 Å². The molecule has 0 radical (unpaired) electrons. The minimum absolute atomic E-state index is 0.433. The second-order valence-electron chi connectivity index (χ2n) is 8.16. The van der Waals surface area contributed by atoms with Crippen LogP contribution in [0.25, 0.3) is 0 Å². The number of fused-ring (bicyclic) bond motifs is 5. The molecular weight excluding hydrogens is 268 g/mol. The lowest BCUT2D eigenvalue weighted by Gasteiger charge is -2.52. The number of hydrogen-bond donors (Lipinski definition) is 1. The molecule has 1 heteroatoms. The zero-order valence-electron chi connectivity index (χ0n) is 14.1. The smallest absolute Gasteiger partial charge is 0.115 e. The van der Waals surface area contributed by atoms with Gasteiger partial charge in [-0.2, -0.15) is 0 Å². The Morgan fingerprint density at radius 1 is 1.27 bits per heavy atom. The first-order valence-electron chi connectivity index (χ1n) is 9.02. The molecule has 0 amide bonds. The van der Waals surface area contributed by atoms with E-state index in [0.717, 1.165) is 24.2 Å². The Morgan fingerprint density at radius 2 is 2.09 bits per heavy atom. The van der Waals surface area contributed by atoms with Crippen LogP contribution < -0.4 is 0 Å². The lowest BCUT2D eigenvalue weighted by molar-refractivity contribution is 0.0490. The summed E-state index contributed by atoms with van der Waals surface area (Å²) >= 11 is 0. The maximum Gasteiger partial charge on any atom is 0.115 e. The average Bonchev–Trinajstić information content (AvgIpc) is 2.83. The van der Waals surface area contributed by atoms with E-state index in [1.165, 1.54) is 36.8 Å². The fourth-order valence-electron chi connectivity index (χ4n) is 6.29. The van der Waals surface area contributed by atoms with Gasteiger partial charge in [-0.3, -0.25) is 0 Å². The van der Waals surface area contributed by atoms with Gasteiger partial charge < -0.3 is 5.11 Å². The van der Waals surface area contributed by atoms with E-state index in [9.17, 15) is 5.11 Å². The molecule has 2 fully saturated rings. The summed E-state index contributed by atoms with van der Waals surface area (Å²) < 4.78 is 0. The van der Waals surface area contributed by atoms with Gasteiger partial charge in [0.15, 0.2) is 0 Å². The van der Waals surface area contributed by atoms with Gasteiger partial charge in [-0.15, -0.1) is 0 Å². The molecular formula is C21H28O. The van der Waals surface area contributed by atoms with Crippen LogP contribution in [-0.2, 0) is 6.42 Å². The Bertz CT molecular complexity index is 629. The van der Waals surface area contributed by atoms with Crippen LogP contribution in [0.5, 0.6) is 5.75 Å². The lowest BCUT2D eigenvalue weighted by Crippen LogP contribution is -2.43. The van der Waals surface area contributed by atoms with E-state index < -0.39 is 0 Å². The van der Waals surface area contributed by atoms with Crippen molar-refractivity contribution in [2.75, 3.05) is 0 Å². The van der Waals surface area contributed by atoms with Gasteiger partial charge in [-0.1, -0.05) is 31.6 Å². The quantitative estimate of drug-likeness (QED) is 0.632. The lowest BCUT2D eigenvalue weighted by atomic mass is 9.52. The van der Waals surface area contributed by atoms with Crippen molar-refractivity contribution in [2.24, 2.45) is 23.2 Å². The Labute approximate surface area is 134 Å². The van der Waals surface area contributed by atoms with Gasteiger partial charge in [0.1, 0.15) is 5.75 Å². The van der Waals surface area contributed by atoms with Crippen molar-refractivity contribution in [3.8, 4) is 5.75 Å². The molecule has 3 aliphatic rings. The number of benzene rings is 1. The summed E-state index contributed by atoms with van der Waals surface area (Å²) in [6.45, 7) is 7.22. The Morgan fingerprint density at radius 3 is 2.86 bits per heavy atom. The zero-order chi connectivity index (χ0) is 15.5. The molecule has 3 aliphatic carbocycles. The molecule has 2 saturated carbocycles. The molecule has 1 N–H and O–H groups in total. The second-order valence-corrected chi connectivity index (χ2v) is 8.16. The van der Waals surface area contributed by atoms with E-state index >= 15 is 0 Å². The Hall–Kier alpha value is -1.24. The summed E-state index contributed by atoms with van der Waals surface area (Å²) in [4.78, 5) is 0. The summed E-state index contributed by atoms with van der Waals surface area (Å²) in [5, 5.41) is 9.82. The van der Waals surface area contributed by atoms with Crippen LogP contribution >= 0.6 is 0 Å². The SMILES string of the molecule is C/C=C1/CCC2C3C(CC[C@]12C)c1ccc(O)cc1C[C@H]3C. The third kappa shape index (κ3) is 1.84. The number of rotatable bonds is 0. The van der Waals surface area contributed by atoms with Crippen LogP contribution in [0.15, 0.2) is 29.8 Å². The van der Waals surface area contributed by atoms with Crippen LogP contribution in [-0.4, -0.2) is 5.11 Å². The fraction of sp³-hybridized carbons (Fsp3) is 0.619. The van der Waals surface area contributed by atoms with Gasteiger partial charge in [0.25, 0.3) is 0 Å². The van der Waals surface area contributed by atoms with Gasteiger partial charge >= 0.3 is 0 Å². The molecule has 22 heavy (non-hydrogen) atoms. The first-order chi connectivity index (χ1) is 10.5. The van der Waals surface area contributed by atoms with Crippen LogP contribution in [0, 0.1) is 23.2 Å². The maximum atomic E-state index is 9.82. The summed E-state index contributed by atoms with van der Waals surface area (Å²) in [6.07, 6.45) is 8.90. The molecule has 1 nitrogen and oxygen atoms in total. The summed E-state index contributed by atoms with van der Waals surface area (Å²) in [7, 11) is 0. The third-order valence-electron chi connectivity index (χ3n) is 7.25. The van der Waals surface area contributed by atoms with Crippen molar-refractivity contribution in [1.29, 1.82) is 0 Å². The van der Waals surface area contributed by atoms with E-state index in [4.69, 9.17) is 0 Å². The molecule has 3 unspecified atom stereocenters. The molecule has 0 aliphatic heterocycles. The maximum absolute atomic E-state index is 9.82. The molecule has 0 bridgehead atoms. The number of allylic oxidation sites excluding steroid dienone is 2. The van der Waals surface area contributed by atoms with Crippen molar-refractivity contribution in [2.45, 2.75) is 58.8 Å². The minimum atomic E-state index is 0.433. The zero-order valence-corrected chi connectivity index (χ0v) is 14.1. The highest BCUT2D eigenvalue weighted by atomic mass is 16.3. The molecule has 1 aromatic rings. The van der Waals surface area contributed by atoms with Gasteiger partial charge in [0.05, 0.1) is 0 Å². The number of phenolic OH excluding ortho intramolecular Hbond substituents is 1. The fourth-order valence-corrected chi connectivity index (χ4v) is 6.29. The highest BCUT2D eigenvalue weighted by Gasteiger charge is 2.53. The second kappa shape index (κ2) is 4.88. The molecule has 0 aromatic heterocycles. The van der Waals surface area contributed by atoms with E-state index in [0.29, 0.717) is 17.1 Å². The predicted molar refractivity (Wildman–Crippen MR) is 91.0 cm³/mol. The molecule has 0 spiro atoms. The van der Waals surface area contributed by atoms with Gasteiger partial charge in [0, 0.05) is 0 Å². The van der Waals surface area contributed by atoms with E-state index in [2.05, 4.69) is 32.9 Å². The molecule has 118 valence electrons. The van der Waals surface area contributed by atoms with Crippen molar-refractivity contribution in [3.63, 3.8) is 0 Å². The number of hydrogen-bond acceptors (Lipinski definition) is 1. The van der Waals surface area contributed by atoms with Crippen LogP contribution in [0.4, 0.5) is 0 Å². The standard InChI is InChI=1S/C21H28O/c1-4-15-5-8-19-20-13(2)11-14-12-16(22)6-7-17(14)18(20)9-10-21(15,19)3/h4,6-7,12-13,18-20,22H,5,8-11H2,1-3H3/b15-4-/t13-,18?,19?,20?,21-/m1/s1. The average molecular weight is 296 g/mol. The van der Waals surface area contributed by atoms with Crippen molar-refractivity contribution < 1.29 is 5.11 Å². The van der Waals surface area contributed by atoms with Crippen molar-refractivity contribution >= 4 is 0 Å². The number of phenols is 1. The highest BCUT2D eigenvalue weighted by molar-refractivity contribution is 5.41. The summed E-state index contributed by atoms with van der Waals surface area (Å²) in [5.74, 6) is 3.57. The highest BCUT2D eigenvalue weighted by Crippen LogP contribution is 2.63. The summed E-state index contributed by atoms with van der Waals surface area (Å²) in [6, 6.07) is 6.12. The van der Waals surface area contributed by atoms with Crippen molar-refractivity contribution in [3.05, 3.63) is 41.0 Å². The first-order valence-corrected chi connectivity index (χ1v) is 9.02. The van der Waals surface area contributed by atoms with Crippen LogP contribution in [0.2, 0.25) is 0 Å². The molecule has 1 aromatic carbocycles. The molecule has 4 rings (SSSR count). The van der Waals surface area contributed by atoms with Crippen LogP contribution in [0.3, 0.4) is 0 Å². The third-order valence-corrected chi connectivity index (χ3v) is 7.25. The first kappa shape index (κ1) is 14.4. The van der Waals surface area contributed by atoms with E-state index in [1.54, 1.807) is 5.57 Å². The largest absolute Gasteiger partial charge is 0.508 e. The molecule has 5 atom stereocenters. The normalized spacial score (nSPS) is 41.9. The molecule has 0 heterocycles. The Balaban J connectivity index is 1.76. The topological polar surface area (TPSA) is 20.2 Å². The minimum Gasteiger partial charge on any atom is -0.508 e. The number of aromatic hydroxyl groups is 1. The van der Waals surface area contributed by atoms with Crippen molar-refractivity contribution in [1.82, 2.24) is 0 Å².